The summed E-state index contributed by atoms with van der Waals surface area (Å²) in [6.07, 6.45) is 4.78. The van der Waals surface area contributed by atoms with Gasteiger partial charge in [-0.05, 0) is 48.9 Å². The standard InChI is InChI=1S/C32H29FN6O3/c1-2-37-20-24(31(41)35-19-21-9-11-34-12-10-21)30(40)23-17-25(33)29(18-28(23)37)38-13-15-39(16-14-38)32(42)27-8-7-22-5-3-4-6-26(22)36-27/h3-12,17-18,20H,2,13-16,19H2,1H3,(H,35,41). The van der Waals surface area contributed by atoms with Gasteiger partial charge in [-0.2, -0.15) is 0 Å². The molecule has 0 unspecified atom stereocenters. The number of rotatable bonds is 6. The number of aromatic nitrogens is 3. The molecular weight excluding hydrogens is 535 g/mol. The van der Waals surface area contributed by atoms with E-state index < -0.39 is 17.2 Å². The lowest BCUT2D eigenvalue weighted by molar-refractivity contribution is 0.0741. The van der Waals surface area contributed by atoms with Gasteiger partial charge in [0.2, 0.25) is 5.43 Å². The van der Waals surface area contributed by atoms with E-state index >= 15 is 4.39 Å². The molecule has 3 aromatic heterocycles. The minimum absolute atomic E-state index is 0.0417. The Bertz CT molecular complexity index is 1870. The van der Waals surface area contributed by atoms with Crippen LogP contribution in [0.3, 0.4) is 0 Å². The number of pyridine rings is 3. The monoisotopic (exact) mass is 564 g/mol. The highest BCUT2D eigenvalue weighted by atomic mass is 19.1. The average molecular weight is 565 g/mol. The molecule has 0 radical (unpaired) electrons. The zero-order valence-corrected chi connectivity index (χ0v) is 23.1. The molecule has 42 heavy (non-hydrogen) atoms. The Kier molecular flexibility index (Phi) is 7.35. The average Bonchev–Trinajstić information content (AvgIpc) is 3.04. The van der Waals surface area contributed by atoms with E-state index in [9.17, 15) is 14.4 Å². The molecule has 0 spiro atoms. The van der Waals surface area contributed by atoms with E-state index in [1.807, 2.05) is 42.2 Å². The van der Waals surface area contributed by atoms with Gasteiger partial charge in [0.1, 0.15) is 17.1 Å². The Morgan fingerprint density at radius 2 is 1.74 bits per heavy atom. The number of halogens is 1. The van der Waals surface area contributed by atoms with E-state index in [-0.39, 0.29) is 23.4 Å². The van der Waals surface area contributed by atoms with Crippen LogP contribution in [0.2, 0.25) is 0 Å². The highest BCUT2D eigenvalue weighted by molar-refractivity contribution is 5.98. The van der Waals surface area contributed by atoms with Crippen LogP contribution >= 0.6 is 0 Å². The molecule has 1 N–H and O–H groups in total. The minimum atomic E-state index is -0.549. The van der Waals surface area contributed by atoms with Gasteiger partial charge in [0.15, 0.2) is 0 Å². The van der Waals surface area contributed by atoms with Gasteiger partial charge >= 0.3 is 0 Å². The van der Waals surface area contributed by atoms with Crippen LogP contribution in [0.25, 0.3) is 21.8 Å². The van der Waals surface area contributed by atoms with E-state index in [0.29, 0.717) is 49.6 Å². The van der Waals surface area contributed by atoms with Crippen molar-refractivity contribution in [2.45, 2.75) is 20.0 Å². The normalized spacial score (nSPS) is 13.5. The number of carbonyl (C=O) groups is 2. The van der Waals surface area contributed by atoms with Crippen LogP contribution in [-0.4, -0.2) is 57.4 Å². The topological polar surface area (TPSA) is 100 Å². The molecule has 0 saturated carbocycles. The molecule has 0 aliphatic carbocycles. The number of para-hydroxylation sites is 1. The second-order valence-electron chi connectivity index (χ2n) is 10.2. The molecule has 212 valence electrons. The first-order chi connectivity index (χ1) is 20.4. The molecule has 1 saturated heterocycles. The molecule has 10 heteroatoms. The number of benzene rings is 2. The van der Waals surface area contributed by atoms with Crippen molar-refractivity contribution in [1.82, 2.24) is 24.8 Å². The van der Waals surface area contributed by atoms with Crippen molar-refractivity contribution in [3.8, 4) is 0 Å². The molecule has 9 nitrogen and oxygen atoms in total. The molecule has 2 aromatic carbocycles. The van der Waals surface area contributed by atoms with Crippen molar-refractivity contribution < 1.29 is 14.0 Å². The predicted octanol–water partition coefficient (Wildman–Crippen LogP) is 4.00. The summed E-state index contributed by atoms with van der Waals surface area (Å²) in [5, 5.41) is 3.88. The van der Waals surface area contributed by atoms with Crippen molar-refractivity contribution in [3.63, 3.8) is 0 Å². The summed E-state index contributed by atoms with van der Waals surface area (Å²) in [5.41, 5.74) is 2.33. The Labute approximate surface area is 241 Å². The summed E-state index contributed by atoms with van der Waals surface area (Å²) in [6.45, 7) is 4.28. The first-order valence-corrected chi connectivity index (χ1v) is 13.9. The molecule has 1 fully saturated rings. The molecule has 4 heterocycles. The van der Waals surface area contributed by atoms with Gasteiger partial charge in [0, 0.05) is 68.6 Å². The largest absolute Gasteiger partial charge is 0.366 e. The lowest BCUT2D eigenvalue weighted by atomic mass is 10.1. The summed E-state index contributed by atoms with van der Waals surface area (Å²) in [7, 11) is 0. The zero-order valence-electron chi connectivity index (χ0n) is 23.1. The van der Waals surface area contributed by atoms with Crippen LogP contribution in [0, 0.1) is 5.82 Å². The third-order valence-corrected chi connectivity index (χ3v) is 7.66. The second kappa shape index (κ2) is 11.4. The number of hydrogen-bond acceptors (Lipinski definition) is 6. The SMILES string of the molecule is CCn1cc(C(=O)NCc2ccncc2)c(=O)c2cc(F)c(N3CCN(C(=O)c4ccc5ccccc5n4)CC3)cc21. The molecule has 0 atom stereocenters. The summed E-state index contributed by atoms with van der Waals surface area (Å²) < 4.78 is 17.3. The molecular formula is C32H29FN6O3. The molecule has 6 rings (SSSR count). The maximum Gasteiger partial charge on any atom is 0.272 e. The van der Waals surface area contributed by atoms with Gasteiger partial charge in [-0.3, -0.25) is 19.4 Å². The van der Waals surface area contributed by atoms with Crippen LogP contribution in [0.1, 0.15) is 33.3 Å². The fourth-order valence-electron chi connectivity index (χ4n) is 5.34. The number of aryl methyl sites for hydroxylation is 1. The first-order valence-electron chi connectivity index (χ1n) is 13.9. The Morgan fingerprint density at radius 1 is 0.976 bits per heavy atom. The van der Waals surface area contributed by atoms with E-state index in [1.54, 1.807) is 46.1 Å². The summed E-state index contributed by atoms with van der Waals surface area (Å²) >= 11 is 0. The Morgan fingerprint density at radius 3 is 2.50 bits per heavy atom. The van der Waals surface area contributed by atoms with Crippen LogP contribution in [-0.2, 0) is 13.1 Å². The zero-order chi connectivity index (χ0) is 29.2. The van der Waals surface area contributed by atoms with Crippen LogP contribution in [0.15, 0.2) is 84.0 Å². The number of piperazine rings is 1. The Balaban J connectivity index is 1.21. The fourth-order valence-corrected chi connectivity index (χ4v) is 5.34. The van der Waals surface area contributed by atoms with Crippen LogP contribution in [0.4, 0.5) is 10.1 Å². The van der Waals surface area contributed by atoms with Gasteiger partial charge in [0.25, 0.3) is 11.8 Å². The Hall–Kier alpha value is -5.12. The summed E-state index contributed by atoms with van der Waals surface area (Å²) in [5.74, 6) is -1.23. The number of amides is 2. The van der Waals surface area contributed by atoms with Crippen LogP contribution in [0.5, 0.6) is 0 Å². The minimum Gasteiger partial charge on any atom is -0.366 e. The molecule has 2 amide bonds. The van der Waals surface area contributed by atoms with Crippen molar-refractivity contribution in [1.29, 1.82) is 0 Å². The number of carbonyl (C=O) groups excluding carboxylic acids is 2. The molecule has 0 bridgehead atoms. The van der Waals surface area contributed by atoms with E-state index in [0.717, 1.165) is 16.5 Å². The highest BCUT2D eigenvalue weighted by Gasteiger charge is 2.26. The van der Waals surface area contributed by atoms with Gasteiger partial charge < -0.3 is 19.7 Å². The highest BCUT2D eigenvalue weighted by Crippen LogP contribution is 2.27. The summed E-state index contributed by atoms with van der Waals surface area (Å²) in [4.78, 5) is 51.5. The van der Waals surface area contributed by atoms with E-state index in [4.69, 9.17) is 0 Å². The van der Waals surface area contributed by atoms with Gasteiger partial charge in [-0.25, -0.2) is 9.37 Å². The summed E-state index contributed by atoms with van der Waals surface area (Å²) in [6, 6.07) is 17.7. The third kappa shape index (κ3) is 5.18. The van der Waals surface area contributed by atoms with Crippen molar-refractivity contribution >= 4 is 39.3 Å². The number of nitrogens with one attached hydrogen (secondary N) is 1. The number of anilines is 1. The van der Waals surface area contributed by atoms with Gasteiger partial charge in [0.05, 0.1) is 16.7 Å². The van der Waals surface area contributed by atoms with Crippen LogP contribution < -0.4 is 15.6 Å². The number of nitrogens with zero attached hydrogens (tertiary/aromatic N) is 5. The molecule has 1 aliphatic heterocycles. The number of hydrogen-bond donors (Lipinski definition) is 1. The third-order valence-electron chi connectivity index (χ3n) is 7.66. The van der Waals surface area contributed by atoms with Crippen molar-refractivity contribution in [2.24, 2.45) is 0 Å². The quantitative estimate of drug-likeness (QED) is 0.335. The lowest BCUT2D eigenvalue weighted by Crippen LogP contribution is -2.49. The van der Waals surface area contributed by atoms with Gasteiger partial charge in [-0.1, -0.05) is 24.3 Å². The maximum absolute atomic E-state index is 15.5. The molecule has 5 aromatic rings. The number of fused-ring (bicyclic) bond motifs is 2. The van der Waals surface area contributed by atoms with E-state index in [1.165, 1.54) is 12.3 Å². The van der Waals surface area contributed by atoms with Crippen molar-refractivity contribution in [2.75, 3.05) is 31.1 Å². The predicted molar refractivity (Wildman–Crippen MR) is 159 cm³/mol. The van der Waals surface area contributed by atoms with Gasteiger partial charge in [-0.15, -0.1) is 0 Å². The first kappa shape index (κ1) is 27.1. The fraction of sp³-hybridized carbons (Fsp3) is 0.219. The van der Waals surface area contributed by atoms with E-state index in [2.05, 4.69) is 15.3 Å². The lowest BCUT2D eigenvalue weighted by Gasteiger charge is -2.36. The van der Waals surface area contributed by atoms with Crippen molar-refractivity contribution in [3.05, 3.63) is 112 Å². The smallest absolute Gasteiger partial charge is 0.272 e. The molecule has 1 aliphatic rings. The second-order valence-corrected chi connectivity index (χ2v) is 10.2. The maximum atomic E-state index is 15.5.